The van der Waals surface area contributed by atoms with Crippen molar-refractivity contribution in [2.45, 2.75) is 6.61 Å². The number of nitrogens with zero attached hydrogens (tertiary/aromatic N) is 3. The third-order valence-corrected chi connectivity index (χ3v) is 7.52. The molecule has 1 amide bonds. The number of carbonyl (C=O) groups is 1. The van der Waals surface area contributed by atoms with Gasteiger partial charge in [0.2, 0.25) is 0 Å². The van der Waals surface area contributed by atoms with E-state index in [-0.39, 0.29) is 5.91 Å². The highest BCUT2D eigenvalue weighted by Crippen LogP contribution is 2.35. The van der Waals surface area contributed by atoms with Crippen LogP contribution in [0.4, 0.5) is 0 Å². The van der Waals surface area contributed by atoms with Gasteiger partial charge >= 0.3 is 0 Å². The van der Waals surface area contributed by atoms with Crippen LogP contribution in [-0.2, 0) is 16.1 Å². The van der Waals surface area contributed by atoms with Gasteiger partial charge in [0.05, 0.1) is 29.4 Å². The molecular formula is C29H24ClN3O3S2. The second kappa shape index (κ2) is 12.0. The van der Waals surface area contributed by atoms with Crippen LogP contribution in [-0.4, -0.2) is 45.2 Å². The molecule has 0 aliphatic carbocycles. The number of hydrogen-bond donors (Lipinski definition) is 0. The molecule has 9 heteroatoms. The smallest absolute Gasteiger partial charge is 0.266 e. The Kier molecular flexibility index (Phi) is 8.24. The number of methoxy groups -OCH3 is 1. The maximum Gasteiger partial charge on any atom is 0.266 e. The van der Waals surface area contributed by atoms with E-state index in [1.165, 1.54) is 11.8 Å². The summed E-state index contributed by atoms with van der Waals surface area (Å²) in [6.07, 6.45) is 3.79. The van der Waals surface area contributed by atoms with Crippen molar-refractivity contribution in [3.63, 3.8) is 0 Å². The number of thioether (sulfide) groups is 1. The number of aromatic nitrogens is 2. The first-order valence-corrected chi connectivity index (χ1v) is 13.5. The SMILES string of the molecule is COCCN1C(=O)/C(=C/c2cn(-c3ccccc3)nc2-c2ccc(OCc3ccc(Cl)cc3)cc2)SC1=S. The van der Waals surface area contributed by atoms with E-state index in [1.807, 2.05) is 95.8 Å². The van der Waals surface area contributed by atoms with Crippen LogP contribution < -0.4 is 4.74 Å². The topological polar surface area (TPSA) is 56.6 Å². The van der Waals surface area contributed by atoms with Crippen LogP contribution in [0.1, 0.15) is 11.1 Å². The Bertz CT molecular complexity index is 1470. The number of rotatable bonds is 9. The van der Waals surface area contributed by atoms with Gasteiger partial charge in [-0.25, -0.2) is 4.68 Å². The van der Waals surface area contributed by atoms with Crippen LogP contribution in [0.3, 0.4) is 0 Å². The zero-order chi connectivity index (χ0) is 26.5. The Hall–Kier alpha value is -3.43. The minimum Gasteiger partial charge on any atom is -0.489 e. The van der Waals surface area contributed by atoms with Crippen molar-refractivity contribution in [1.29, 1.82) is 0 Å². The first-order valence-electron chi connectivity index (χ1n) is 11.9. The highest BCUT2D eigenvalue weighted by molar-refractivity contribution is 8.26. The summed E-state index contributed by atoms with van der Waals surface area (Å²) in [7, 11) is 1.60. The van der Waals surface area contributed by atoms with E-state index in [4.69, 9.17) is 38.4 Å². The monoisotopic (exact) mass is 561 g/mol. The van der Waals surface area contributed by atoms with Gasteiger partial charge in [0.1, 0.15) is 16.7 Å². The standard InChI is InChI=1S/C29H24ClN3O3S2/c1-35-16-15-32-28(34)26(38-29(32)37)17-22-18-33(24-5-3-2-4-6-24)31-27(22)21-9-13-25(14-10-21)36-19-20-7-11-23(30)12-8-20/h2-14,17-18H,15-16,19H2,1H3/b26-17-. The summed E-state index contributed by atoms with van der Waals surface area (Å²) < 4.78 is 13.4. The third-order valence-electron chi connectivity index (χ3n) is 5.89. The fourth-order valence-electron chi connectivity index (χ4n) is 3.90. The van der Waals surface area contributed by atoms with E-state index in [0.717, 1.165) is 33.8 Å². The molecule has 0 unspecified atom stereocenters. The molecule has 0 N–H and O–H groups in total. The van der Waals surface area contributed by atoms with Crippen LogP contribution in [0.5, 0.6) is 5.75 Å². The number of thiocarbonyl (C=S) groups is 1. The van der Waals surface area contributed by atoms with Gasteiger partial charge in [0.15, 0.2) is 0 Å². The first-order chi connectivity index (χ1) is 18.5. The molecule has 192 valence electrons. The number of amides is 1. The molecule has 0 spiro atoms. The molecule has 6 nitrogen and oxygen atoms in total. The largest absolute Gasteiger partial charge is 0.489 e. The van der Waals surface area contributed by atoms with E-state index in [1.54, 1.807) is 12.0 Å². The molecule has 0 bridgehead atoms. The van der Waals surface area contributed by atoms with E-state index in [0.29, 0.717) is 34.0 Å². The van der Waals surface area contributed by atoms with Gasteiger partial charge in [-0.2, -0.15) is 5.10 Å². The van der Waals surface area contributed by atoms with Gasteiger partial charge in [-0.05, 0) is 60.2 Å². The van der Waals surface area contributed by atoms with E-state index >= 15 is 0 Å². The lowest BCUT2D eigenvalue weighted by atomic mass is 10.1. The normalized spacial score (nSPS) is 14.5. The molecule has 2 heterocycles. The van der Waals surface area contributed by atoms with Crippen molar-refractivity contribution < 1.29 is 14.3 Å². The van der Waals surface area contributed by atoms with Crippen molar-refractivity contribution in [3.8, 4) is 22.7 Å². The van der Waals surface area contributed by atoms with Gasteiger partial charge in [0.25, 0.3) is 5.91 Å². The minimum absolute atomic E-state index is 0.124. The fraction of sp³-hybridized carbons (Fsp3) is 0.138. The average molecular weight is 562 g/mol. The lowest BCUT2D eigenvalue weighted by Gasteiger charge is -2.12. The zero-order valence-electron chi connectivity index (χ0n) is 20.5. The molecule has 1 aliphatic rings. The van der Waals surface area contributed by atoms with Gasteiger partial charge in [-0.1, -0.05) is 65.9 Å². The molecule has 1 saturated heterocycles. The highest BCUT2D eigenvalue weighted by Gasteiger charge is 2.32. The van der Waals surface area contributed by atoms with Gasteiger partial charge in [0, 0.05) is 29.5 Å². The predicted octanol–water partition coefficient (Wildman–Crippen LogP) is 6.62. The third kappa shape index (κ3) is 6.00. The van der Waals surface area contributed by atoms with Crippen LogP contribution in [0.2, 0.25) is 5.02 Å². The Morgan fingerprint density at radius 3 is 2.47 bits per heavy atom. The Balaban J connectivity index is 1.43. The molecule has 1 fully saturated rings. The molecule has 1 aromatic heterocycles. The average Bonchev–Trinajstić information content (AvgIpc) is 3.48. The molecular weight excluding hydrogens is 538 g/mol. The Morgan fingerprint density at radius 1 is 1.03 bits per heavy atom. The number of para-hydroxylation sites is 1. The second-order valence-corrected chi connectivity index (χ2v) is 10.6. The molecule has 1 aliphatic heterocycles. The summed E-state index contributed by atoms with van der Waals surface area (Å²) in [5.74, 6) is 0.619. The summed E-state index contributed by atoms with van der Waals surface area (Å²) in [6.45, 7) is 1.28. The molecule has 4 aromatic rings. The van der Waals surface area contributed by atoms with Crippen molar-refractivity contribution in [1.82, 2.24) is 14.7 Å². The van der Waals surface area contributed by atoms with Crippen molar-refractivity contribution in [2.75, 3.05) is 20.3 Å². The molecule has 3 aromatic carbocycles. The summed E-state index contributed by atoms with van der Waals surface area (Å²) in [5, 5.41) is 5.56. The van der Waals surface area contributed by atoms with Gasteiger partial charge in [-0.15, -0.1) is 0 Å². The number of ether oxygens (including phenoxy) is 2. The van der Waals surface area contributed by atoms with Crippen molar-refractivity contribution >= 4 is 51.9 Å². The number of hydrogen-bond acceptors (Lipinski definition) is 6. The van der Waals surface area contributed by atoms with Crippen molar-refractivity contribution in [3.05, 3.63) is 106 Å². The summed E-state index contributed by atoms with van der Waals surface area (Å²) in [6, 6.07) is 25.2. The number of benzene rings is 3. The van der Waals surface area contributed by atoms with Crippen LogP contribution in [0, 0.1) is 0 Å². The highest BCUT2D eigenvalue weighted by atomic mass is 35.5. The minimum atomic E-state index is -0.124. The molecule has 0 atom stereocenters. The first kappa shape index (κ1) is 26.2. The summed E-state index contributed by atoms with van der Waals surface area (Å²) in [5.41, 5.74) is 4.42. The van der Waals surface area contributed by atoms with Crippen LogP contribution in [0.15, 0.2) is 90.0 Å². The van der Waals surface area contributed by atoms with Crippen molar-refractivity contribution in [2.24, 2.45) is 0 Å². The molecule has 0 radical (unpaired) electrons. The second-order valence-electron chi connectivity index (χ2n) is 8.48. The number of halogens is 1. The molecule has 38 heavy (non-hydrogen) atoms. The van der Waals surface area contributed by atoms with Gasteiger partial charge < -0.3 is 9.47 Å². The zero-order valence-corrected chi connectivity index (χ0v) is 22.9. The predicted molar refractivity (Wildman–Crippen MR) is 157 cm³/mol. The summed E-state index contributed by atoms with van der Waals surface area (Å²) >= 11 is 12.7. The number of carbonyl (C=O) groups excluding carboxylic acids is 1. The van der Waals surface area contributed by atoms with E-state index in [9.17, 15) is 4.79 Å². The van der Waals surface area contributed by atoms with Gasteiger partial charge in [-0.3, -0.25) is 9.69 Å². The fourth-order valence-corrected chi connectivity index (χ4v) is 5.33. The van der Waals surface area contributed by atoms with E-state index in [2.05, 4.69) is 0 Å². The van der Waals surface area contributed by atoms with E-state index < -0.39 is 0 Å². The maximum atomic E-state index is 13.0. The quantitative estimate of drug-likeness (QED) is 0.169. The van der Waals surface area contributed by atoms with Crippen LogP contribution in [0.25, 0.3) is 23.0 Å². The Labute approximate surface area is 235 Å². The Morgan fingerprint density at radius 2 is 1.76 bits per heavy atom. The lowest BCUT2D eigenvalue weighted by Crippen LogP contribution is -2.31. The lowest BCUT2D eigenvalue weighted by molar-refractivity contribution is -0.122. The molecule has 5 rings (SSSR count). The summed E-state index contributed by atoms with van der Waals surface area (Å²) in [4.78, 5) is 15.2. The van der Waals surface area contributed by atoms with Crippen LogP contribution >= 0.6 is 35.6 Å². The maximum absolute atomic E-state index is 13.0. The molecule has 0 saturated carbocycles.